The lowest BCUT2D eigenvalue weighted by molar-refractivity contribution is 0.0955. The van der Waals surface area contributed by atoms with Gasteiger partial charge in [-0.3, -0.25) is 0 Å². The molecule has 4 nitrogen and oxygen atoms in total. The van der Waals surface area contributed by atoms with Crippen LogP contribution in [0.4, 0.5) is 0 Å². The fraction of sp³-hybridized carbons (Fsp3) is 0.615. The standard InChI is InChI=1S/C13H19N3OS/c1-8-5-9(2)7-10(6-8)17-13-11(12(14)18)3-4-15-16-13/h3-4,8-10H,5-7H2,1-2H3,(H2,14,18). The minimum absolute atomic E-state index is 0.188. The first-order valence-electron chi connectivity index (χ1n) is 6.34. The maximum atomic E-state index is 5.95. The van der Waals surface area contributed by atoms with Gasteiger partial charge in [0.05, 0.1) is 11.8 Å². The topological polar surface area (TPSA) is 61.0 Å². The van der Waals surface area contributed by atoms with Gasteiger partial charge in [0, 0.05) is 0 Å². The summed E-state index contributed by atoms with van der Waals surface area (Å²) in [5, 5.41) is 7.85. The number of rotatable bonds is 3. The van der Waals surface area contributed by atoms with E-state index in [0.29, 0.717) is 28.3 Å². The molecule has 2 unspecified atom stereocenters. The normalized spacial score (nSPS) is 27.8. The summed E-state index contributed by atoms with van der Waals surface area (Å²) < 4.78 is 5.95. The second-order valence-electron chi connectivity index (χ2n) is 5.27. The SMILES string of the molecule is CC1CC(C)CC(Oc2nnccc2C(N)=S)C1. The number of thiocarbonyl (C=S) groups is 1. The van der Waals surface area contributed by atoms with E-state index in [9.17, 15) is 0 Å². The van der Waals surface area contributed by atoms with Gasteiger partial charge in [-0.15, -0.1) is 5.10 Å². The van der Waals surface area contributed by atoms with Crippen LogP contribution < -0.4 is 10.5 Å². The first kappa shape index (κ1) is 13.2. The minimum atomic E-state index is 0.188. The molecule has 18 heavy (non-hydrogen) atoms. The van der Waals surface area contributed by atoms with Gasteiger partial charge in [-0.25, -0.2) is 0 Å². The Morgan fingerprint density at radius 2 is 2.00 bits per heavy atom. The summed E-state index contributed by atoms with van der Waals surface area (Å²) in [5.74, 6) is 1.84. The van der Waals surface area contributed by atoms with Crippen LogP contribution in [-0.4, -0.2) is 21.3 Å². The molecule has 0 aromatic carbocycles. The van der Waals surface area contributed by atoms with Crippen molar-refractivity contribution in [3.05, 3.63) is 17.8 Å². The molecule has 2 N–H and O–H groups in total. The van der Waals surface area contributed by atoms with Crippen molar-refractivity contribution in [1.82, 2.24) is 10.2 Å². The molecule has 1 heterocycles. The van der Waals surface area contributed by atoms with E-state index in [0.717, 1.165) is 12.8 Å². The molecule has 2 atom stereocenters. The summed E-state index contributed by atoms with van der Waals surface area (Å²) in [6, 6.07) is 1.75. The maximum absolute atomic E-state index is 5.95. The summed E-state index contributed by atoms with van der Waals surface area (Å²) in [4.78, 5) is 0.303. The largest absolute Gasteiger partial charge is 0.473 e. The second kappa shape index (κ2) is 5.61. The zero-order valence-electron chi connectivity index (χ0n) is 10.8. The Kier molecular flexibility index (Phi) is 4.11. The van der Waals surface area contributed by atoms with Gasteiger partial charge in [0.1, 0.15) is 11.1 Å². The molecule has 1 aromatic heterocycles. The molecule has 0 bridgehead atoms. The van der Waals surface area contributed by atoms with Crippen molar-refractivity contribution in [2.24, 2.45) is 17.6 Å². The third-order valence-electron chi connectivity index (χ3n) is 3.37. The molecule has 0 aliphatic heterocycles. The average molecular weight is 265 g/mol. The Bertz CT molecular complexity index is 428. The zero-order valence-corrected chi connectivity index (χ0v) is 11.6. The Balaban J connectivity index is 2.11. The van der Waals surface area contributed by atoms with E-state index in [1.54, 1.807) is 12.3 Å². The lowest BCUT2D eigenvalue weighted by Crippen LogP contribution is -2.29. The summed E-state index contributed by atoms with van der Waals surface area (Å²) in [6.45, 7) is 4.52. The van der Waals surface area contributed by atoms with Crippen LogP contribution in [0.5, 0.6) is 5.88 Å². The maximum Gasteiger partial charge on any atom is 0.244 e. The first-order chi connectivity index (χ1) is 8.56. The molecule has 5 heteroatoms. The van der Waals surface area contributed by atoms with Crippen LogP contribution in [-0.2, 0) is 0 Å². The quantitative estimate of drug-likeness (QED) is 0.850. The number of aromatic nitrogens is 2. The van der Waals surface area contributed by atoms with E-state index in [4.69, 9.17) is 22.7 Å². The molecule has 0 saturated heterocycles. The van der Waals surface area contributed by atoms with E-state index in [-0.39, 0.29) is 6.10 Å². The highest BCUT2D eigenvalue weighted by Crippen LogP contribution is 2.31. The van der Waals surface area contributed by atoms with Crippen molar-refractivity contribution >= 4 is 17.2 Å². The summed E-state index contributed by atoms with van der Waals surface area (Å²) in [7, 11) is 0. The molecular formula is C13H19N3OS. The number of hydrogen-bond acceptors (Lipinski definition) is 4. The van der Waals surface area contributed by atoms with Gasteiger partial charge in [-0.05, 0) is 37.2 Å². The van der Waals surface area contributed by atoms with Gasteiger partial charge in [0.25, 0.3) is 0 Å². The highest BCUT2D eigenvalue weighted by atomic mass is 32.1. The van der Waals surface area contributed by atoms with Crippen LogP contribution in [0.15, 0.2) is 12.3 Å². The number of hydrogen-bond donors (Lipinski definition) is 1. The fourth-order valence-corrected chi connectivity index (χ4v) is 2.88. The Morgan fingerprint density at radius 3 is 2.61 bits per heavy atom. The monoisotopic (exact) mass is 265 g/mol. The van der Waals surface area contributed by atoms with Crippen molar-refractivity contribution in [2.45, 2.75) is 39.2 Å². The predicted molar refractivity (Wildman–Crippen MR) is 74.5 cm³/mol. The Labute approximate surface area is 113 Å². The number of ether oxygens (including phenoxy) is 1. The molecular weight excluding hydrogens is 246 g/mol. The first-order valence-corrected chi connectivity index (χ1v) is 6.75. The van der Waals surface area contributed by atoms with Crippen LogP contribution in [0.1, 0.15) is 38.7 Å². The number of nitrogens with two attached hydrogens (primary N) is 1. The summed E-state index contributed by atoms with van der Waals surface area (Å²) in [6.07, 6.45) is 5.14. The van der Waals surface area contributed by atoms with Crippen molar-refractivity contribution in [3.8, 4) is 5.88 Å². The van der Waals surface area contributed by atoms with Gasteiger partial charge in [-0.1, -0.05) is 26.1 Å². The van der Waals surface area contributed by atoms with Crippen LogP contribution in [0.2, 0.25) is 0 Å². The van der Waals surface area contributed by atoms with Crippen molar-refractivity contribution < 1.29 is 4.74 Å². The smallest absolute Gasteiger partial charge is 0.244 e. The molecule has 0 amide bonds. The molecule has 1 aliphatic carbocycles. The lowest BCUT2D eigenvalue weighted by Gasteiger charge is -2.31. The van der Waals surface area contributed by atoms with Crippen LogP contribution in [0.3, 0.4) is 0 Å². The van der Waals surface area contributed by atoms with Crippen LogP contribution in [0.25, 0.3) is 0 Å². The second-order valence-corrected chi connectivity index (χ2v) is 5.71. The number of nitrogens with zero attached hydrogens (tertiary/aromatic N) is 2. The van der Waals surface area contributed by atoms with Gasteiger partial charge in [-0.2, -0.15) is 5.10 Å². The lowest BCUT2D eigenvalue weighted by atomic mass is 9.82. The van der Waals surface area contributed by atoms with Crippen LogP contribution in [0, 0.1) is 11.8 Å². The molecule has 0 radical (unpaired) electrons. The minimum Gasteiger partial charge on any atom is -0.473 e. The predicted octanol–water partition coefficient (Wildman–Crippen LogP) is 2.31. The Morgan fingerprint density at radius 1 is 1.33 bits per heavy atom. The van der Waals surface area contributed by atoms with E-state index in [2.05, 4.69) is 24.0 Å². The average Bonchev–Trinajstić information content (AvgIpc) is 2.27. The van der Waals surface area contributed by atoms with E-state index in [1.165, 1.54) is 6.42 Å². The molecule has 98 valence electrons. The molecule has 1 fully saturated rings. The molecule has 1 aliphatic rings. The highest BCUT2D eigenvalue weighted by molar-refractivity contribution is 7.80. The molecule has 1 saturated carbocycles. The van der Waals surface area contributed by atoms with E-state index < -0.39 is 0 Å². The van der Waals surface area contributed by atoms with Gasteiger partial charge >= 0.3 is 0 Å². The fourth-order valence-electron chi connectivity index (χ4n) is 2.72. The highest BCUT2D eigenvalue weighted by Gasteiger charge is 2.26. The van der Waals surface area contributed by atoms with Crippen molar-refractivity contribution in [1.29, 1.82) is 0 Å². The van der Waals surface area contributed by atoms with Gasteiger partial charge in [0.2, 0.25) is 5.88 Å². The molecule has 1 aromatic rings. The van der Waals surface area contributed by atoms with Gasteiger partial charge in [0.15, 0.2) is 0 Å². The van der Waals surface area contributed by atoms with E-state index >= 15 is 0 Å². The van der Waals surface area contributed by atoms with Crippen molar-refractivity contribution in [2.75, 3.05) is 0 Å². The van der Waals surface area contributed by atoms with Crippen LogP contribution >= 0.6 is 12.2 Å². The summed E-state index contributed by atoms with van der Waals surface area (Å²) in [5.41, 5.74) is 6.33. The Hall–Kier alpha value is -1.23. The zero-order chi connectivity index (χ0) is 13.1. The molecule has 2 rings (SSSR count). The van der Waals surface area contributed by atoms with Crippen molar-refractivity contribution in [3.63, 3.8) is 0 Å². The van der Waals surface area contributed by atoms with Gasteiger partial charge < -0.3 is 10.5 Å². The summed E-state index contributed by atoms with van der Waals surface area (Å²) >= 11 is 4.99. The third kappa shape index (κ3) is 3.16. The molecule has 0 spiro atoms. The van der Waals surface area contributed by atoms with E-state index in [1.807, 2.05) is 0 Å². The third-order valence-corrected chi connectivity index (χ3v) is 3.59.